The molecule has 1 aromatic carbocycles. The molecule has 0 saturated carbocycles. The van der Waals surface area contributed by atoms with E-state index in [0.29, 0.717) is 12.4 Å². The van der Waals surface area contributed by atoms with Gasteiger partial charge in [-0.1, -0.05) is 18.2 Å². The van der Waals surface area contributed by atoms with Gasteiger partial charge in [0.2, 0.25) is 5.91 Å². The van der Waals surface area contributed by atoms with Crippen LogP contribution >= 0.6 is 0 Å². The van der Waals surface area contributed by atoms with Gasteiger partial charge < -0.3 is 19.5 Å². The number of aliphatic carboxylic acids is 1. The third kappa shape index (κ3) is 3.61. The van der Waals surface area contributed by atoms with Gasteiger partial charge in [0.1, 0.15) is 5.75 Å². The highest BCUT2D eigenvalue weighted by Crippen LogP contribution is 2.19. The number of para-hydroxylation sites is 1. The van der Waals surface area contributed by atoms with Crippen LogP contribution in [-0.4, -0.2) is 54.8 Å². The number of rotatable bonds is 4. The minimum absolute atomic E-state index is 0.0174. The van der Waals surface area contributed by atoms with E-state index in [4.69, 9.17) is 14.6 Å². The molecule has 0 radical (unpaired) electrons. The van der Waals surface area contributed by atoms with Crippen LogP contribution < -0.4 is 4.74 Å². The van der Waals surface area contributed by atoms with E-state index >= 15 is 0 Å². The number of hydrogen-bond donors (Lipinski definition) is 1. The number of ether oxygens (including phenoxy) is 2. The van der Waals surface area contributed by atoms with Crippen molar-refractivity contribution in [1.29, 1.82) is 0 Å². The number of morpholine rings is 1. The van der Waals surface area contributed by atoms with E-state index in [0.717, 1.165) is 5.56 Å². The SMILES string of the molecule is COc1ccccc1/C=C/C(=O)N1CCOC[C@H]1C(=O)O. The number of carboxylic acids is 1. The first kappa shape index (κ1) is 15.1. The molecular weight excluding hydrogens is 274 g/mol. The molecule has 0 aromatic heterocycles. The molecule has 1 N–H and O–H groups in total. The summed E-state index contributed by atoms with van der Waals surface area (Å²) in [5, 5.41) is 9.11. The van der Waals surface area contributed by atoms with Crippen molar-refractivity contribution in [3.05, 3.63) is 35.9 Å². The lowest BCUT2D eigenvalue weighted by atomic mass is 10.1. The van der Waals surface area contributed by atoms with Gasteiger partial charge in [0.25, 0.3) is 0 Å². The normalized spacial score (nSPS) is 18.7. The number of amides is 1. The van der Waals surface area contributed by atoms with Gasteiger partial charge in [0, 0.05) is 18.2 Å². The smallest absolute Gasteiger partial charge is 0.328 e. The minimum atomic E-state index is -1.06. The molecule has 1 amide bonds. The second kappa shape index (κ2) is 6.90. The second-order valence-corrected chi connectivity index (χ2v) is 4.54. The Morgan fingerprint density at radius 2 is 2.19 bits per heavy atom. The van der Waals surface area contributed by atoms with Crippen molar-refractivity contribution >= 4 is 18.0 Å². The van der Waals surface area contributed by atoms with Crippen LogP contribution in [-0.2, 0) is 14.3 Å². The van der Waals surface area contributed by atoms with Crippen LogP contribution in [0.3, 0.4) is 0 Å². The molecule has 0 aliphatic carbocycles. The van der Waals surface area contributed by atoms with E-state index in [1.54, 1.807) is 19.3 Å². The first-order valence-electron chi connectivity index (χ1n) is 6.55. The van der Waals surface area contributed by atoms with Gasteiger partial charge in [-0.2, -0.15) is 0 Å². The lowest BCUT2D eigenvalue weighted by molar-refractivity contribution is -0.156. The molecule has 112 valence electrons. The first-order valence-corrected chi connectivity index (χ1v) is 6.55. The number of carbonyl (C=O) groups excluding carboxylic acids is 1. The predicted molar refractivity (Wildman–Crippen MR) is 76.0 cm³/mol. The fraction of sp³-hybridized carbons (Fsp3) is 0.333. The van der Waals surface area contributed by atoms with Crippen molar-refractivity contribution in [2.75, 3.05) is 26.9 Å². The zero-order valence-corrected chi connectivity index (χ0v) is 11.7. The third-order valence-corrected chi connectivity index (χ3v) is 3.24. The number of carbonyl (C=O) groups is 2. The van der Waals surface area contributed by atoms with Crippen LogP contribution in [0.4, 0.5) is 0 Å². The van der Waals surface area contributed by atoms with Crippen molar-refractivity contribution in [2.45, 2.75) is 6.04 Å². The summed E-state index contributed by atoms with van der Waals surface area (Å²) in [4.78, 5) is 24.6. The third-order valence-electron chi connectivity index (χ3n) is 3.24. The summed E-state index contributed by atoms with van der Waals surface area (Å²) in [5.41, 5.74) is 0.758. The summed E-state index contributed by atoms with van der Waals surface area (Å²) in [6.07, 6.45) is 2.98. The molecule has 1 aromatic rings. The Hall–Kier alpha value is -2.34. The van der Waals surface area contributed by atoms with Crippen molar-refractivity contribution in [2.24, 2.45) is 0 Å². The molecule has 0 spiro atoms. The Morgan fingerprint density at radius 1 is 1.43 bits per heavy atom. The fourth-order valence-corrected chi connectivity index (χ4v) is 2.13. The van der Waals surface area contributed by atoms with Crippen LogP contribution in [0.5, 0.6) is 5.75 Å². The molecular formula is C15H17NO5. The molecule has 6 heteroatoms. The molecule has 1 aliphatic heterocycles. The van der Waals surface area contributed by atoms with Crippen LogP contribution in [0, 0.1) is 0 Å². The first-order chi connectivity index (χ1) is 10.1. The van der Waals surface area contributed by atoms with Crippen molar-refractivity contribution in [3.8, 4) is 5.75 Å². The van der Waals surface area contributed by atoms with Gasteiger partial charge >= 0.3 is 5.97 Å². The van der Waals surface area contributed by atoms with Gasteiger partial charge in [-0.25, -0.2) is 4.79 Å². The van der Waals surface area contributed by atoms with E-state index in [2.05, 4.69) is 0 Å². The largest absolute Gasteiger partial charge is 0.496 e. The van der Waals surface area contributed by atoms with Crippen molar-refractivity contribution in [1.82, 2.24) is 4.90 Å². The van der Waals surface area contributed by atoms with Crippen LogP contribution in [0.15, 0.2) is 30.3 Å². The van der Waals surface area contributed by atoms with E-state index in [1.165, 1.54) is 11.0 Å². The molecule has 1 heterocycles. The number of nitrogens with zero attached hydrogens (tertiary/aromatic N) is 1. The molecule has 2 rings (SSSR count). The average Bonchev–Trinajstić information content (AvgIpc) is 2.52. The average molecular weight is 291 g/mol. The monoisotopic (exact) mass is 291 g/mol. The molecule has 1 fully saturated rings. The number of benzene rings is 1. The van der Waals surface area contributed by atoms with Crippen LogP contribution in [0.25, 0.3) is 6.08 Å². The summed E-state index contributed by atoms with van der Waals surface area (Å²) >= 11 is 0. The lowest BCUT2D eigenvalue weighted by Crippen LogP contribution is -2.52. The number of hydrogen-bond acceptors (Lipinski definition) is 4. The van der Waals surface area contributed by atoms with Crippen LogP contribution in [0.2, 0.25) is 0 Å². The highest BCUT2D eigenvalue weighted by Gasteiger charge is 2.31. The molecule has 1 saturated heterocycles. The summed E-state index contributed by atoms with van der Waals surface area (Å²) in [5.74, 6) is -0.761. The molecule has 0 bridgehead atoms. The molecule has 1 aliphatic rings. The Labute approximate surface area is 122 Å². The topological polar surface area (TPSA) is 76.1 Å². The zero-order valence-electron chi connectivity index (χ0n) is 11.7. The van der Waals surface area contributed by atoms with Crippen LogP contribution in [0.1, 0.15) is 5.56 Å². The van der Waals surface area contributed by atoms with E-state index in [-0.39, 0.29) is 19.1 Å². The van der Waals surface area contributed by atoms with Gasteiger partial charge in [0.15, 0.2) is 6.04 Å². The summed E-state index contributed by atoms with van der Waals surface area (Å²) in [6.45, 7) is 0.633. The van der Waals surface area contributed by atoms with E-state index in [9.17, 15) is 9.59 Å². The maximum absolute atomic E-state index is 12.2. The van der Waals surface area contributed by atoms with E-state index < -0.39 is 12.0 Å². The second-order valence-electron chi connectivity index (χ2n) is 4.54. The minimum Gasteiger partial charge on any atom is -0.496 e. The standard InChI is InChI=1S/C15H17NO5/c1-20-13-5-3-2-4-11(13)6-7-14(17)16-8-9-21-10-12(16)15(18)19/h2-7,12H,8-10H2,1H3,(H,18,19)/b7-6+/t12-/m0/s1. The number of carboxylic acid groups (broad SMARTS) is 1. The Balaban J connectivity index is 2.12. The Kier molecular flexibility index (Phi) is 4.94. The zero-order chi connectivity index (χ0) is 15.2. The molecule has 21 heavy (non-hydrogen) atoms. The maximum atomic E-state index is 12.2. The summed E-state index contributed by atoms with van der Waals surface area (Å²) < 4.78 is 10.3. The van der Waals surface area contributed by atoms with Gasteiger partial charge in [-0.15, -0.1) is 0 Å². The van der Waals surface area contributed by atoms with Gasteiger partial charge in [-0.3, -0.25) is 4.79 Å². The fourth-order valence-electron chi connectivity index (χ4n) is 2.13. The summed E-state index contributed by atoms with van der Waals surface area (Å²) in [6, 6.07) is 6.34. The van der Waals surface area contributed by atoms with Gasteiger partial charge in [-0.05, 0) is 12.1 Å². The molecule has 1 atom stereocenters. The molecule has 0 unspecified atom stereocenters. The van der Waals surface area contributed by atoms with Crippen molar-refractivity contribution < 1.29 is 24.2 Å². The number of methoxy groups -OCH3 is 1. The summed E-state index contributed by atoms with van der Waals surface area (Å²) in [7, 11) is 1.55. The van der Waals surface area contributed by atoms with E-state index in [1.807, 2.05) is 18.2 Å². The van der Waals surface area contributed by atoms with Crippen molar-refractivity contribution in [3.63, 3.8) is 0 Å². The van der Waals surface area contributed by atoms with Gasteiger partial charge in [0.05, 0.1) is 20.3 Å². The quantitative estimate of drug-likeness (QED) is 0.838. The Morgan fingerprint density at radius 3 is 2.90 bits per heavy atom. The Bertz CT molecular complexity index is 555. The predicted octanol–water partition coefficient (Wildman–Crippen LogP) is 1.02. The highest BCUT2D eigenvalue weighted by atomic mass is 16.5. The lowest BCUT2D eigenvalue weighted by Gasteiger charge is -2.32. The highest BCUT2D eigenvalue weighted by molar-refractivity contribution is 5.94. The molecule has 6 nitrogen and oxygen atoms in total. The maximum Gasteiger partial charge on any atom is 0.328 e.